The summed E-state index contributed by atoms with van der Waals surface area (Å²) in [6.07, 6.45) is 2.19. The lowest BCUT2D eigenvalue weighted by atomic mass is 10.1. The van der Waals surface area contributed by atoms with Crippen LogP contribution in [0.2, 0.25) is 0 Å². The first-order valence-electron chi connectivity index (χ1n) is 8.67. The summed E-state index contributed by atoms with van der Waals surface area (Å²) in [5.74, 6) is -0.915. The van der Waals surface area contributed by atoms with Crippen molar-refractivity contribution in [3.8, 4) is 11.5 Å². The molecule has 0 saturated heterocycles. The molecule has 2 aromatic carbocycles. The predicted molar refractivity (Wildman–Crippen MR) is 103 cm³/mol. The van der Waals surface area contributed by atoms with Crippen LogP contribution < -0.4 is 16.2 Å². The summed E-state index contributed by atoms with van der Waals surface area (Å²) in [6, 6.07) is 10.6. The van der Waals surface area contributed by atoms with Gasteiger partial charge in [0.25, 0.3) is 0 Å². The lowest BCUT2D eigenvalue weighted by Gasteiger charge is -2.09. The second-order valence-corrected chi connectivity index (χ2v) is 6.57. The fourth-order valence-corrected chi connectivity index (χ4v) is 2.89. The Morgan fingerprint density at radius 3 is 2.18 bits per heavy atom. The Morgan fingerprint density at radius 1 is 0.929 bits per heavy atom. The van der Waals surface area contributed by atoms with E-state index in [0.717, 1.165) is 22.0 Å². The standard InChI is InChI=1S/C20H21N3O5/c21-16(19(24)25)7-11-1-3-13(4-2-11)28-14-5-6-18-15(9-14)12(10-23-18)8-17(22)20(26)27/h1-6,9-10,16-17,23H,7-8,21-22H2,(H,24,25)(H,26,27)/t16-,17-/m0/s1. The second kappa shape index (κ2) is 8.12. The monoisotopic (exact) mass is 383 g/mol. The fraction of sp³-hybridized carbons (Fsp3) is 0.200. The van der Waals surface area contributed by atoms with Gasteiger partial charge in [0.05, 0.1) is 0 Å². The number of aromatic amines is 1. The summed E-state index contributed by atoms with van der Waals surface area (Å²) in [6.45, 7) is 0. The highest BCUT2D eigenvalue weighted by atomic mass is 16.5. The molecule has 0 saturated carbocycles. The average Bonchev–Trinajstić information content (AvgIpc) is 3.05. The molecule has 8 nitrogen and oxygen atoms in total. The first-order valence-corrected chi connectivity index (χ1v) is 8.67. The summed E-state index contributed by atoms with van der Waals surface area (Å²) in [5.41, 5.74) is 13.6. The summed E-state index contributed by atoms with van der Waals surface area (Å²) in [7, 11) is 0. The minimum atomic E-state index is -1.05. The fourth-order valence-electron chi connectivity index (χ4n) is 2.89. The van der Waals surface area contributed by atoms with Crippen molar-refractivity contribution in [2.24, 2.45) is 11.5 Å². The molecule has 0 amide bonds. The van der Waals surface area contributed by atoms with Crippen molar-refractivity contribution < 1.29 is 24.5 Å². The zero-order valence-corrected chi connectivity index (χ0v) is 15.0. The Labute approximate surface area is 160 Å². The molecule has 28 heavy (non-hydrogen) atoms. The third-order valence-corrected chi connectivity index (χ3v) is 4.43. The zero-order valence-electron chi connectivity index (χ0n) is 15.0. The maximum Gasteiger partial charge on any atom is 0.320 e. The smallest absolute Gasteiger partial charge is 0.320 e. The van der Waals surface area contributed by atoms with E-state index in [9.17, 15) is 9.59 Å². The molecule has 0 bridgehead atoms. The second-order valence-electron chi connectivity index (χ2n) is 6.57. The average molecular weight is 383 g/mol. The quantitative estimate of drug-likeness (QED) is 0.398. The highest BCUT2D eigenvalue weighted by Gasteiger charge is 2.15. The number of nitrogens with one attached hydrogen (secondary N) is 1. The molecule has 1 heterocycles. The van der Waals surface area contributed by atoms with Crippen molar-refractivity contribution >= 4 is 22.8 Å². The molecule has 0 aliphatic carbocycles. The van der Waals surface area contributed by atoms with Crippen molar-refractivity contribution in [3.05, 3.63) is 59.8 Å². The molecular formula is C20H21N3O5. The zero-order chi connectivity index (χ0) is 20.3. The summed E-state index contributed by atoms with van der Waals surface area (Å²) >= 11 is 0. The van der Waals surface area contributed by atoms with E-state index in [0.29, 0.717) is 11.5 Å². The summed E-state index contributed by atoms with van der Waals surface area (Å²) in [4.78, 5) is 24.9. The number of rotatable bonds is 8. The Bertz CT molecular complexity index is 997. The number of fused-ring (bicyclic) bond motifs is 1. The van der Waals surface area contributed by atoms with Gasteiger partial charge in [0.1, 0.15) is 23.6 Å². The van der Waals surface area contributed by atoms with Crippen LogP contribution in [0.15, 0.2) is 48.7 Å². The molecule has 2 atom stereocenters. The molecule has 0 radical (unpaired) electrons. The van der Waals surface area contributed by atoms with E-state index in [4.69, 9.17) is 26.4 Å². The molecule has 7 N–H and O–H groups in total. The van der Waals surface area contributed by atoms with Crippen molar-refractivity contribution in [2.45, 2.75) is 24.9 Å². The van der Waals surface area contributed by atoms with E-state index in [2.05, 4.69) is 4.98 Å². The van der Waals surface area contributed by atoms with Crippen molar-refractivity contribution in [1.82, 2.24) is 4.98 Å². The van der Waals surface area contributed by atoms with Crippen LogP contribution in [0.25, 0.3) is 10.9 Å². The normalized spacial score (nSPS) is 13.2. The molecule has 0 aliphatic heterocycles. The minimum Gasteiger partial charge on any atom is -0.480 e. The number of carboxylic acid groups (broad SMARTS) is 2. The summed E-state index contributed by atoms with van der Waals surface area (Å²) < 4.78 is 5.86. The molecule has 1 aromatic heterocycles. The van der Waals surface area contributed by atoms with Crippen molar-refractivity contribution in [2.75, 3.05) is 0 Å². The third kappa shape index (κ3) is 4.48. The first-order chi connectivity index (χ1) is 13.3. The topological polar surface area (TPSA) is 152 Å². The molecule has 146 valence electrons. The van der Waals surface area contributed by atoms with Gasteiger partial charge in [-0.3, -0.25) is 9.59 Å². The number of benzene rings is 2. The molecule has 3 aromatic rings. The van der Waals surface area contributed by atoms with Crippen LogP contribution >= 0.6 is 0 Å². The number of aliphatic carboxylic acids is 2. The maximum atomic E-state index is 11.0. The van der Waals surface area contributed by atoms with Gasteiger partial charge in [-0.25, -0.2) is 0 Å². The lowest BCUT2D eigenvalue weighted by molar-refractivity contribution is -0.139. The molecule has 0 unspecified atom stereocenters. The molecular weight excluding hydrogens is 362 g/mol. The summed E-state index contributed by atoms with van der Waals surface area (Å²) in [5, 5.41) is 18.7. The SMILES string of the molecule is N[C@@H](Cc1ccc(Oc2ccc3[nH]cc(C[C@H](N)C(=O)O)c3c2)cc1)C(=O)O. The van der Waals surface area contributed by atoms with Gasteiger partial charge in [-0.1, -0.05) is 12.1 Å². The van der Waals surface area contributed by atoms with Crippen molar-refractivity contribution in [1.29, 1.82) is 0 Å². The van der Waals surface area contributed by atoms with E-state index in [1.807, 2.05) is 12.1 Å². The number of aromatic nitrogens is 1. The van der Waals surface area contributed by atoms with Gasteiger partial charge in [0.15, 0.2) is 0 Å². The van der Waals surface area contributed by atoms with Gasteiger partial charge in [0, 0.05) is 23.5 Å². The third-order valence-electron chi connectivity index (χ3n) is 4.43. The molecule has 0 spiro atoms. The molecule has 3 rings (SSSR count). The number of carbonyl (C=O) groups is 2. The van der Waals surface area contributed by atoms with Gasteiger partial charge in [-0.2, -0.15) is 0 Å². The van der Waals surface area contributed by atoms with Gasteiger partial charge in [0.2, 0.25) is 0 Å². The Morgan fingerprint density at radius 2 is 1.54 bits per heavy atom. The van der Waals surface area contributed by atoms with E-state index in [1.54, 1.807) is 36.5 Å². The van der Waals surface area contributed by atoms with Gasteiger partial charge in [-0.05, 0) is 47.9 Å². The lowest BCUT2D eigenvalue weighted by Crippen LogP contribution is -2.32. The van der Waals surface area contributed by atoms with Crippen LogP contribution in [0.4, 0.5) is 0 Å². The number of hydrogen-bond donors (Lipinski definition) is 5. The highest BCUT2D eigenvalue weighted by molar-refractivity contribution is 5.85. The largest absolute Gasteiger partial charge is 0.480 e. The Hall–Kier alpha value is -3.36. The van der Waals surface area contributed by atoms with E-state index < -0.39 is 24.0 Å². The van der Waals surface area contributed by atoms with Crippen LogP contribution in [0, 0.1) is 0 Å². The number of carboxylic acids is 2. The number of H-pyrrole nitrogens is 1. The molecule has 0 aliphatic rings. The number of nitrogens with two attached hydrogens (primary N) is 2. The number of hydrogen-bond acceptors (Lipinski definition) is 5. The first kappa shape index (κ1) is 19.4. The Balaban J connectivity index is 1.75. The van der Waals surface area contributed by atoms with Crippen LogP contribution in [0.5, 0.6) is 11.5 Å². The Kier molecular flexibility index (Phi) is 5.62. The number of ether oxygens (including phenoxy) is 1. The van der Waals surface area contributed by atoms with E-state index >= 15 is 0 Å². The van der Waals surface area contributed by atoms with Crippen LogP contribution in [-0.4, -0.2) is 39.2 Å². The predicted octanol–water partition coefficient (Wildman–Crippen LogP) is 1.87. The van der Waals surface area contributed by atoms with Gasteiger partial charge in [-0.15, -0.1) is 0 Å². The molecule has 0 fully saturated rings. The minimum absolute atomic E-state index is 0.206. The maximum absolute atomic E-state index is 11.0. The van der Waals surface area contributed by atoms with Crippen LogP contribution in [0.1, 0.15) is 11.1 Å². The van der Waals surface area contributed by atoms with Gasteiger partial charge >= 0.3 is 11.9 Å². The highest BCUT2D eigenvalue weighted by Crippen LogP contribution is 2.28. The van der Waals surface area contributed by atoms with Gasteiger partial charge < -0.3 is 31.4 Å². The molecule has 8 heteroatoms. The van der Waals surface area contributed by atoms with E-state index in [1.165, 1.54) is 0 Å². The van der Waals surface area contributed by atoms with Crippen molar-refractivity contribution in [3.63, 3.8) is 0 Å². The van der Waals surface area contributed by atoms with Crippen LogP contribution in [-0.2, 0) is 22.4 Å². The van der Waals surface area contributed by atoms with E-state index in [-0.39, 0.29) is 12.8 Å². The van der Waals surface area contributed by atoms with Crippen LogP contribution in [0.3, 0.4) is 0 Å².